The second-order valence-corrected chi connectivity index (χ2v) is 4.34. The number of benzene rings is 2. The van der Waals surface area contributed by atoms with Crippen LogP contribution in [0.4, 0.5) is 4.39 Å². The Morgan fingerprint density at radius 3 is 2.39 bits per heavy atom. The minimum atomic E-state index is -0.233. The molecule has 0 unspecified atom stereocenters. The lowest BCUT2D eigenvalue weighted by atomic mass is 9.92. The SMILES string of the molecule is C#Cc1cc(CC)cc(C)c1-c1ccc(F)cc1. The molecule has 90 valence electrons. The Labute approximate surface area is 107 Å². The van der Waals surface area contributed by atoms with Crippen molar-refractivity contribution in [2.24, 2.45) is 0 Å². The summed E-state index contributed by atoms with van der Waals surface area (Å²) in [6.07, 6.45) is 6.54. The lowest BCUT2D eigenvalue weighted by molar-refractivity contribution is 0.628. The molecule has 0 aliphatic rings. The minimum Gasteiger partial charge on any atom is -0.207 e. The Hall–Kier alpha value is -2.07. The summed E-state index contributed by atoms with van der Waals surface area (Å²) in [6, 6.07) is 10.6. The normalized spacial score (nSPS) is 10.1. The molecule has 0 bridgehead atoms. The zero-order valence-electron chi connectivity index (χ0n) is 10.6. The van der Waals surface area contributed by atoms with Crippen LogP contribution in [0.25, 0.3) is 11.1 Å². The molecule has 0 aliphatic heterocycles. The molecule has 0 amide bonds. The highest BCUT2D eigenvalue weighted by Gasteiger charge is 2.08. The van der Waals surface area contributed by atoms with Crippen molar-refractivity contribution in [3.05, 3.63) is 58.9 Å². The van der Waals surface area contributed by atoms with E-state index in [1.165, 1.54) is 17.7 Å². The molecule has 18 heavy (non-hydrogen) atoms. The average molecular weight is 238 g/mol. The van der Waals surface area contributed by atoms with Gasteiger partial charge in [-0.2, -0.15) is 0 Å². The van der Waals surface area contributed by atoms with Gasteiger partial charge in [-0.15, -0.1) is 6.42 Å². The summed E-state index contributed by atoms with van der Waals surface area (Å²) in [6.45, 7) is 4.14. The van der Waals surface area contributed by atoms with E-state index < -0.39 is 0 Å². The topological polar surface area (TPSA) is 0 Å². The molecule has 2 aromatic carbocycles. The molecule has 2 aromatic rings. The van der Waals surface area contributed by atoms with Crippen molar-refractivity contribution in [2.75, 3.05) is 0 Å². The predicted octanol–water partition coefficient (Wildman–Crippen LogP) is 4.34. The second-order valence-electron chi connectivity index (χ2n) is 4.34. The van der Waals surface area contributed by atoms with Gasteiger partial charge in [0.1, 0.15) is 5.82 Å². The third-order valence-electron chi connectivity index (χ3n) is 3.09. The van der Waals surface area contributed by atoms with Crippen molar-refractivity contribution >= 4 is 0 Å². The van der Waals surface area contributed by atoms with Crippen LogP contribution >= 0.6 is 0 Å². The molecule has 1 heteroatoms. The Kier molecular flexibility index (Phi) is 3.48. The van der Waals surface area contributed by atoms with E-state index in [-0.39, 0.29) is 5.82 Å². The summed E-state index contributed by atoms with van der Waals surface area (Å²) in [5.41, 5.74) is 5.22. The van der Waals surface area contributed by atoms with Crippen LogP contribution in [-0.4, -0.2) is 0 Å². The fraction of sp³-hybridized carbons (Fsp3) is 0.176. The Bertz CT molecular complexity index is 601. The van der Waals surface area contributed by atoms with Gasteiger partial charge in [0.25, 0.3) is 0 Å². The first kappa shape index (κ1) is 12.4. The number of hydrogen-bond donors (Lipinski definition) is 0. The van der Waals surface area contributed by atoms with Gasteiger partial charge in [-0.3, -0.25) is 0 Å². The molecule has 0 N–H and O–H groups in total. The van der Waals surface area contributed by atoms with Crippen molar-refractivity contribution in [3.8, 4) is 23.5 Å². The lowest BCUT2D eigenvalue weighted by Crippen LogP contribution is -1.93. The van der Waals surface area contributed by atoms with E-state index in [1.807, 2.05) is 13.0 Å². The molecule has 0 saturated carbocycles. The number of hydrogen-bond acceptors (Lipinski definition) is 0. The van der Waals surface area contributed by atoms with Crippen LogP contribution < -0.4 is 0 Å². The van der Waals surface area contributed by atoms with Gasteiger partial charge in [-0.1, -0.05) is 31.0 Å². The van der Waals surface area contributed by atoms with Crippen LogP contribution in [0, 0.1) is 25.1 Å². The fourth-order valence-corrected chi connectivity index (χ4v) is 2.18. The maximum Gasteiger partial charge on any atom is 0.123 e. The van der Waals surface area contributed by atoms with Gasteiger partial charge < -0.3 is 0 Å². The van der Waals surface area contributed by atoms with Crippen molar-refractivity contribution in [1.82, 2.24) is 0 Å². The number of halogens is 1. The first-order chi connectivity index (χ1) is 8.65. The summed E-state index contributed by atoms with van der Waals surface area (Å²) < 4.78 is 13.0. The smallest absolute Gasteiger partial charge is 0.123 e. The second kappa shape index (κ2) is 5.06. The summed E-state index contributed by atoms with van der Waals surface area (Å²) in [5.74, 6) is 2.50. The molecule has 0 nitrogen and oxygen atoms in total. The summed E-state index contributed by atoms with van der Waals surface area (Å²) in [4.78, 5) is 0. The molecule has 0 spiro atoms. The maximum absolute atomic E-state index is 13.0. The zero-order valence-corrected chi connectivity index (χ0v) is 10.6. The largest absolute Gasteiger partial charge is 0.207 e. The monoisotopic (exact) mass is 238 g/mol. The molecule has 0 atom stereocenters. The highest BCUT2D eigenvalue weighted by Crippen LogP contribution is 2.28. The van der Waals surface area contributed by atoms with Gasteiger partial charge in [0.05, 0.1) is 0 Å². The van der Waals surface area contributed by atoms with Gasteiger partial charge in [-0.25, -0.2) is 4.39 Å². The molecule has 0 radical (unpaired) electrons. The third-order valence-corrected chi connectivity index (χ3v) is 3.09. The van der Waals surface area contributed by atoms with Crippen LogP contribution in [0.3, 0.4) is 0 Å². The summed E-state index contributed by atoms with van der Waals surface area (Å²) >= 11 is 0. The van der Waals surface area contributed by atoms with Gasteiger partial charge in [-0.05, 0) is 48.2 Å². The quantitative estimate of drug-likeness (QED) is 0.682. The van der Waals surface area contributed by atoms with Gasteiger partial charge in [0.2, 0.25) is 0 Å². The number of aryl methyl sites for hydroxylation is 2. The lowest BCUT2D eigenvalue weighted by Gasteiger charge is -2.11. The van der Waals surface area contributed by atoms with Crippen molar-refractivity contribution in [2.45, 2.75) is 20.3 Å². The van der Waals surface area contributed by atoms with E-state index >= 15 is 0 Å². The molecule has 0 fully saturated rings. The third kappa shape index (κ3) is 2.28. The molecular formula is C17H15F. The first-order valence-electron chi connectivity index (χ1n) is 6.01. The summed E-state index contributed by atoms with van der Waals surface area (Å²) in [7, 11) is 0. The van der Waals surface area contributed by atoms with Crippen LogP contribution in [0.1, 0.15) is 23.6 Å². The van der Waals surface area contributed by atoms with Crippen LogP contribution in [-0.2, 0) is 6.42 Å². The molecule has 0 heterocycles. The van der Waals surface area contributed by atoms with Gasteiger partial charge in [0.15, 0.2) is 0 Å². The number of terminal acetylenes is 1. The van der Waals surface area contributed by atoms with E-state index in [4.69, 9.17) is 6.42 Å². The number of rotatable bonds is 2. The van der Waals surface area contributed by atoms with Crippen LogP contribution in [0.2, 0.25) is 0 Å². The molecule has 2 rings (SSSR count). The fourth-order valence-electron chi connectivity index (χ4n) is 2.18. The van der Waals surface area contributed by atoms with E-state index in [1.54, 1.807) is 12.1 Å². The highest BCUT2D eigenvalue weighted by atomic mass is 19.1. The Morgan fingerprint density at radius 2 is 1.83 bits per heavy atom. The van der Waals surface area contributed by atoms with Crippen molar-refractivity contribution in [3.63, 3.8) is 0 Å². The van der Waals surface area contributed by atoms with Crippen molar-refractivity contribution < 1.29 is 4.39 Å². The Balaban J connectivity index is 2.64. The standard InChI is InChI=1S/C17H15F/c1-4-13-10-12(3)17(14(5-2)11-13)15-6-8-16(18)9-7-15/h2,6-11H,4H2,1,3H3. The van der Waals surface area contributed by atoms with E-state index in [0.29, 0.717) is 0 Å². The van der Waals surface area contributed by atoms with E-state index in [2.05, 4.69) is 18.9 Å². The van der Waals surface area contributed by atoms with Crippen molar-refractivity contribution in [1.29, 1.82) is 0 Å². The van der Waals surface area contributed by atoms with E-state index in [0.717, 1.165) is 28.7 Å². The van der Waals surface area contributed by atoms with Crippen LogP contribution in [0.5, 0.6) is 0 Å². The highest BCUT2D eigenvalue weighted by molar-refractivity contribution is 5.74. The maximum atomic E-state index is 13.0. The molecule has 0 aliphatic carbocycles. The van der Waals surface area contributed by atoms with Crippen LogP contribution in [0.15, 0.2) is 36.4 Å². The molecule has 0 aromatic heterocycles. The Morgan fingerprint density at radius 1 is 1.17 bits per heavy atom. The van der Waals surface area contributed by atoms with Gasteiger partial charge >= 0.3 is 0 Å². The predicted molar refractivity (Wildman–Crippen MR) is 73.9 cm³/mol. The zero-order chi connectivity index (χ0) is 13.1. The summed E-state index contributed by atoms with van der Waals surface area (Å²) in [5, 5.41) is 0. The van der Waals surface area contributed by atoms with E-state index in [9.17, 15) is 4.39 Å². The average Bonchev–Trinajstić information content (AvgIpc) is 2.39. The molecular weight excluding hydrogens is 223 g/mol. The molecule has 0 saturated heterocycles. The minimum absolute atomic E-state index is 0.233. The first-order valence-corrected chi connectivity index (χ1v) is 6.01. The van der Waals surface area contributed by atoms with Gasteiger partial charge in [0, 0.05) is 11.1 Å².